The Kier molecular flexibility index (Phi) is 4.01. The van der Waals surface area contributed by atoms with Crippen molar-refractivity contribution >= 4 is 17.6 Å². The second-order valence-electron chi connectivity index (χ2n) is 5.90. The van der Waals surface area contributed by atoms with Crippen LogP contribution in [0.15, 0.2) is 48.5 Å². The molecule has 0 saturated heterocycles. The van der Waals surface area contributed by atoms with E-state index in [0.717, 1.165) is 17.7 Å². The van der Waals surface area contributed by atoms with Crippen LogP contribution in [0.2, 0.25) is 0 Å². The van der Waals surface area contributed by atoms with Gasteiger partial charge in [0.05, 0.1) is 0 Å². The molecule has 0 bridgehead atoms. The molecular weight excluding hydrogens is 322 g/mol. The quantitative estimate of drug-likeness (QED) is 0.800. The Morgan fingerprint density at radius 1 is 1.08 bits per heavy atom. The summed E-state index contributed by atoms with van der Waals surface area (Å²) in [6.07, 6.45) is -0.0553. The van der Waals surface area contributed by atoms with Crippen LogP contribution in [-0.2, 0) is 20.7 Å². The van der Waals surface area contributed by atoms with Crippen LogP contribution in [0.5, 0.6) is 11.5 Å². The second kappa shape index (κ2) is 6.47. The van der Waals surface area contributed by atoms with Gasteiger partial charge in [0.2, 0.25) is 6.10 Å². The summed E-state index contributed by atoms with van der Waals surface area (Å²) in [7, 11) is 0. The summed E-state index contributed by atoms with van der Waals surface area (Å²) in [5.41, 5.74) is 2.01. The standard InChI is InChI=1S/C19H17NO5/c21-18(20-10-9-13-5-1-2-6-14(13)20)12-24-19(22)17-11-23-15-7-3-4-8-16(15)25-17/h1-8,17H,9-12H2/t17-/m1/s1. The molecule has 2 aromatic rings. The van der Waals surface area contributed by atoms with Gasteiger partial charge < -0.3 is 19.1 Å². The zero-order valence-corrected chi connectivity index (χ0v) is 13.5. The number of nitrogens with zero attached hydrogens (tertiary/aromatic N) is 1. The lowest BCUT2D eigenvalue weighted by molar-refractivity contribution is -0.157. The number of anilines is 1. The fraction of sp³-hybridized carbons (Fsp3) is 0.263. The predicted molar refractivity (Wildman–Crippen MR) is 89.8 cm³/mol. The van der Waals surface area contributed by atoms with E-state index in [1.54, 1.807) is 23.1 Å². The van der Waals surface area contributed by atoms with Crippen molar-refractivity contribution in [3.63, 3.8) is 0 Å². The molecule has 0 spiro atoms. The number of carbonyl (C=O) groups is 2. The Morgan fingerprint density at radius 3 is 2.72 bits per heavy atom. The van der Waals surface area contributed by atoms with E-state index in [0.29, 0.717) is 18.0 Å². The maximum absolute atomic E-state index is 12.4. The number of esters is 1. The minimum Gasteiger partial charge on any atom is -0.485 e. The molecule has 2 aliphatic rings. The molecule has 1 atom stereocenters. The van der Waals surface area contributed by atoms with Gasteiger partial charge in [-0.1, -0.05) is 30.3 Å². The van der Waals surface area contributed by atoms with E-state index >= 15 is 0 Å². The Balaban J connectivity index is 1.35. The van der Waals surface area contributed by atoms with Crippen LogP contribution in [-0.4, -0.2) is 37.7 Å². The van der Waals surface area contributed by atoms with E-state index < -0.39 is 12.1 Å². The Morgan fingerprint density at radius 2 is 1.84 bits per heavy atom. The van der Waals surface area contributed by atoms with Crippen LogP contribution in [0.3, 0.4) is 0 Å². The number of amides is 1. The van der Waals surface area contributed by atoms with E-state index in [1.165, 1.54) is 0 Å². The van der Waals surface area contributed by atoms with Crippen molar-refractivity contribution in [1.29, 1.82) is 0 Å². The smallest absolute Gasteiger partial charge is 0.351 e. The van der Waals surface area contributed by atoms with Crippen molar-refractivity contribution in [2.24, 2.45) is 0 Å². The monoisotopic (exact) mass is 339 g/mol. The molecule has 0 aliphatic carbocycles. The summed E-state index contributed by atoms with van der Waals surface area (Å²) >= 11 is 0. The van der Waals surface area contributed by atoms with Crippen molar-refractivity contribution in [2.75, 3.05) is 24.7 Å². The molecule has 0 unspecified atom stereocenters. The number of hydrogen-bond donors (Lipinski definition) is 0. The van der Waals surface area contributed by atoms with Gasteiger partial charge in [-0.3, -0.25) is 4.79 Å². The number of fused-ring (bicyclic) bond motifs is 2. The molecular formula is C19H17NO5. The first-order valence-corrected chi connectivity index (χ1v) is 8.16. The minimum atomic E-state index is -0.867. The van der Waals surface area contributed by atoms with Crippen LogP contribution in [0.1, 0.15) is 5.56 Å². The summed E-state index contributed by atoms with van der Waals surface area (Å²) in [6, 6.07) is 14.9. The van der Waals surface area contributed by atoms with Crippen molar-refractivity contribution in [3.8, 4) is 11.5 Å². The molecule has 128 valence electrons. The van der Waals surface area contributed by atoms with Crippen LogP contribution >= 0.6 is 0 Å². The van der Waals surface area contributed by atoms with Gasteiger partial charge in [0, 0.05) is 12.2 Å². The van der Waals surface area contributed by atoms with Crippen molar-refractivity contribution in [1.82, 2.24) is 0 Å². The summed E-state index contributed by atoms with van der Waals surface area (Å²) in [6.45, 7) is 0.359. The van der Waals surface area contributed by atoms with Gasteiger partial charge in [-0.25, -0.2) is 4.79 Å². The molecule has 6 nitrogen and oxygen atoms in total. The van der Waals surface area contributed by atoms with Gasteiger partial charge in [-0.15, -0.1) is 0 Å². The number of rotatable bonds is 3. The number of ether oxygens (including phenoxy) is 3. The van der Waals surface area contributed by atoms with E-state index in [4.69, 9.17) is 14.2 Å². The average molecular weight is 339 g/mol. The maximum atomic E-state index is 12.4. The largest absolute Gasteiger partial charge is 0.485 e. The first-order valence-electron chi connectivity index (χ1n) is 8.16. The summed E-state index contributed by atoms with van der Waals surface area (Å²) < 4.78 is 16.2. The van der Waals surface area contributed by atoms with E-state index in [-0.39, 0.29) is 19.1 Å². The van der Waals surface area contributed by atoms with Crippen LogP contribution < -0.4 is 14.4 Å². The molecule has 25 heavy (non-hydrogen) atoms. The van der Waals surface area contributed by atoms with E-state index in [1.807, 2.05) is 30.3 Å². The topological polar surface area (TPSA) is 65.1 Å². The highest BCUT2D eigenvalue weighted by Crippen LogP contribution is 2.31. The van der Waals surface area contributed by atoms with Gasteiger partial charge in [0.1, 0.15) is 6.61 Å². The lowest BCUT2D eigenvalue weighted by Crippen LogP contribution is -2.40. The third kappa shape index (κ3) is 3.03. The maximum Gasteiger partial charge on any atom is 0.351 e. The molecule has 2 heterocycles. The van der Waals surface area contributed by atoms with Gasteiger partial charge in [-0.2, -0.15) is 0 Å². The van der Waals surface area contributed by atoms with E-state index in [9.17, 15) is 9.59 Å². The van der Waals surface area contributed by atoms with Gasteiger partial charge in [0.15, 0.2) is 18.1 Å². The highest BCUT2D eigenvalue weighted by Gasteiger charge is 2.30. The first kappa shape index (κ1) is 15.5. The Labute approximate surface area is 144 Å². The average Bonchev–Trinajstić information content (AvgIpc) is 3.09. The lowest BCUT2D eigenvalue weighted by Gasteiger charge is -2.25. The molecule has 1 amide bonds. The molecule has 2 aromatic carbocycles. The molecule has 0 aromatic heterocycles. The summed E-state index contributed by atoms with van der Waals surface area (Å²) in [5.74, 6) is 0.248. The predicted octanol–water partition coefficient (Wildman–Crippen LogP) is 1.96. The first-order chi connectivity index (χ1) is 12.2. The van der Waals surface area contributed by atoms with Crippen molar-refractivity contribution < 1.29 is 23.8 Å². The Hall–Kier alpha value is -3.02. The highest BCUT2D eigenvalue weighted by molar-refractivity contribution is 5.97. The summed E-state index contributed by atoms with van der Waals surface area (Å²) in [4.78, 5) is 26.2. The van der Waals surface area contributed by atoms with Crippen LogP contribution in [0.4, 0.5) is 5.69 Å². The number of benzene rings is 2. The normalized spacial score (nSPS) is 17.8. The minimum absolute atomic E-state index is 0.0661. The highest BCUT2D eigenvalue weighted by atomic mass is 16.6. The molecule has 2 aliphatic heterocycles. The number of hydrogen-bond acceptors (Lipinski definition) is 5. The van der Waals surface area contributed by atoms with Gasteiger partial charge >= 0.3 is 5.97 Å². The molecule has 0 N–H and O–H groups in total. The fourth-order valence-corrected chi connectivity index (χ4v) is 3.04. The van der Waals surface area contributed by atoms with Crippen molar-refractivity contribution in [2.45, 2.75) is 12.5 Å². The third-order valence-corrected chi connectivity index (χ3v) is 4.30. The van der Waals surface area contributed by atoms with Crippen LogP contribution in [0.25, 0.3) is 0 Å². The van der Waals surface area contributed by atoms with Gasteiger partial charge in [0.25, 0.3) is 5.91 Å². The SMILES string of the molecule is O=C(OCC(=O)N1CCc2ccccc21)[C@H]1COc2ccccc2O1. The number of para-hydroxylation sites is 3. The number of carbonyl (C=O) groups excluding carboxylic acids is 2. The molecule has 4 rings (SSSR count). The zero-order chi connectivity index (χ0) is 17.2. The van der Waals surface area contributed by atoms with Gasteiger partial charge in [-0.05, 0) is 30.2 Å². The molecule has 0 saturated carbocycles. The molecule has 0 radical (unpaired) electrons. The van der Waals surface area contributed by atoms with Crippen molar-refractivity contribution in [3.05, 3.63) is 54.1 Å². The lowest BCUT2D eigenvalue weighted by atomic mass is 10.2. The fourth-order valence-electron chi connectivity index (χ4n) is 3.04. The summed E-state index contributed by atoms with van der Waals surface area (Å²) in [5, 5.41) is 0. The molecule has 6 heteroatoms. The van der Waals surface area contributed by atoms with Crippen LogP contribution in [0, 0.1) is 0 Å². The molecule has 0 fully saturated rings. The third-order valence-electron chi connectivity index (χ3n) is 4.30. The zero-order valence-electron chi connectivity index (χ0n) is 13.5. The second-order valence-corrected chi connectivity index (χ2v) is 5.90. The Bertz CT molecular complexity index is 819. The van der Waals surface area contributed by atoms with E-state index in [2.05, 4.69) is 0 Å².